The van der Waals surface area contributed by atoms with E-state index in [-0.39, 0.29) is 5.91 Å². The molecule has 1 amide bonds. The number of thioether (sulfide) groups is 1. The van der Waals surface area contributed by atoms with Crippen molar-refractivity contribution in [3.05, 3.63) is 70.6 Å². The number of morpholine rings is 1. The summed E-state index contributed by atoms with van der Waals surface area (Å²) < 4.78 is 6.01. The zero-order chi connectivity index (χ0) is 18.6. The molecule has 2 saturated heterocycles. The van der Waals surface area contributed by atoms with Gasteiger partial charge in [0.1, 0.15) is 4.32 Å². The van der Waals surface area contributed by atoms with Crippen LogP contribution >= 0.6 is 24.0 Å². The molecule has 27 heavy (non-hydrogen) atoms. The molecule has 0 bridgehead atoms. The van der Waals surface area contributed by atoms with Gasteiger partial charge in [-0.15, -0.1) is 0 Å². The van der Waals surface area contributed by atoms with Gasteiger partial charge < -0.3 is 9.64 Å². The van der Waals surface area contributed by atoms with Gasteiger partial charge in [0.05, 0.1) is 24.7 Å². The van der Waals surface area contributed by atoms with Gasteiger partial charge in [-0.3, -0.25) is 9.69 Å². The number of benzene rings is 2. The first-order valence-corrected chi connectivity index (χ1v) is 10.2. The third-order valence-electron chi connectivity index (χ3n) is 4.62. The zero-order valence-electron chi connectivity index (χ0n) is 14.8. The highest BCUT2D eigenvalue weighted by Gasteiger charge is 2.31. The molecule has 2 aliphatic rings. The number of carbonyl (C=O) groups is 1. The molecule has 0 unspecified atom stereocenters. The van der Waals surface area contributed by atoms with Crippen LogP contribution in [0.15, 0.2) is 59.5 Å². The minimum Gasteiger partial charge on any atom is -0.378 e. The molecule has 2 aromatic carbocycles. The third-order valence-corrected chi connectivity index (χ3v) is 6.00. The largest absolute Gasteiger partial charge is 0.378 e. The third kappa shape index (κ3) is 4.24. The highest BCUT2D eigenvalue weighted by molar-refractivity contribution is 8.26. The molecule has 2 aromatic rings. The average Bonchev–Trinajstić information content (AvgIpc) is 2.97. The number of ether oxygens (including phenoxy) is 1. The van der Waals surface area contributed by atoms with E-state index in [9.17, 15) is 4.79 Å². The molecular formula is C21H20N2O2S2. The first kappa shape index (κ1) is 18.2. The maximum absolute atomic E-state index is 12.8. The summed E-state index contributed by atoms with van der Waals surface area (Å²) in [5, 5.41) is 0. The Morgan fingerprint density at radius 1 is 1.04 bits per heavy atom. The summed E-state index contributed by atoms with van der Waals surface area (Å²) in [5.74, 6) is -0.0221. The summed E-state index contributed by atoms with van der Waals surface area (Å²) in [6, 6.07) is 18.2. The van der Waals surface area contributed by atoms with Crippen molar-refractivity contribution in [1.29, 1.82) is 0 Å². The van der Waals surface area contributed by atoms with Gasteiger partial charge in [0, 0.05) is 18.8 Å². The van der Waals surface area contributed by atoms with Crippen molar-refractivity contribution in [2.75, 3.05) is 31.2 Å². The van der Waals surface area contributed by atoms with Gasteiger partial charge in [0.15, 0.2) is 0 Å². The van der Waals surface area contributed by atoms with E-state index >= 15 is 0 Å². The average molecular weight is 397 g/mol. The molecular weight excluding hydrogens is 376 g/mol. The fraction of sp³-hybridized carbons (Fsp3) is 0.238. The number of carbonyl (C=O) groups excluding carboxylic acids is 1. The number of hydrogen-bond donors (Lipinski definition) is 0. The predicted molar refractivity (Wildman–Crippen MR) is 115 cm³/mol. The normalized spacial score (nSPS) is 19.2. The van der Waals surface area contributed by atoms with Crippen LogP contribution in [0.3, 0.4) is 0 Å². The molecule has 0 spiro atoms. The van der Waals surface area contributed by atoms with Gasteiger partial charge in [-0.25, -0.2) is 0 Å². The van der Waals surface area contributed by atoms with E-state index in [1.54, 1.807) is 4.90 Å². The van der Waals surface area contributed by atoms with Crippen molar-refractivity contribution >= 4 is 46.0 Å². The monoisotopic (exact) mass is 396 g/mol. The second kappa shape index (κ2) is 8.25. The lowest BCUT2D eigenvalue weighted by atomic mass is 10.1. The lowest BCUT2D eigenvalue weighted by Gasteiger charge is -2.28. The smallest absolute Gasteiger partial charge is 0.266 e. The molecule has 0 atom stereocenters. The Morgan fingerprint density at radius 2 is 1.74 bits per heavy atom. The second-order valence-electron chi connectivity index (χ2n) is 6.44. The van der Waals surface area contributed by atoms with Crippen LogP contribution in [-0.2, 0) is 16.1 Å². The predicted octanol–water partition coefficient (Wildman–Crippen LogP) is 3.92. The van der Waals surface area contributed by atoms with Gasteiger partial charge in [-0.1, -0.05) is 66.4 Å². The molecule has 2 heterocycles. The zero-order valence-corrected chi connectivity index (χ0v) is 16.5. The Balaban J connectivity index is 1.47. The maximum atomic E-state index is 12.8. The van der Waals surface area contributed by atoms with E-state index in [1.165, 1.54) is 17.4 Å². The van der Waals surface area contributed by atoms with Crippen LogP contribution in [0.5, 0.6) is 0 Å². The van der Waals surface area contributed by atoms with Gasteiger partial charge >= 0.3 is 0 Å². The molecule has 0 radical (unpaired) electrons. The number of rotatable bonds is 4. The Kier molecular flexibility index (Phi) is 5.57. The first-order valence-electron chi connectivity index (χ1n) is 8.93. The number of anilines is 1. The molecule has 2 fully saturated rings. The lowest BCUT2D eigenvalue weighted by molar-refractivity contribution is -0.122. The Hall–Kier alpha value is -2.15. The highest BCUT2D eigenvalue weighted by atomic mass is 32.2. The van der Waals surface area contributed by atoms with Gasteiger partial charge in [-0.2, -0.15) is 0 Å². The standard InChI is InChI=1S/C21H20N2O2S2/c24-20-19(27-21(26)23(20)15-17-4-2-1-3-5-17)14-16-6-8-18(9-7-16)22-10-12-25-13-11-22/h1-9,14H,10-13,15H2/b19-14+. The van der Waals surface area contributed by atoms with Crippen molar-refractivity contribution in [1.82, 2.24) is 4.90 Å². The summed E-state index contributed by atoms with van der Waals surface area (Å²) >= 11 is 6.79. The summed E-state index contributed by atoms with van der Waals surface area (Å²) in [6.07, 6.45) is 1.92. The van der Waals surface area contributed by atoms with Gasteiger partial charge in [0.25, 0.3) is 5.91 Å². The fourth-order valence-corrected chi connectivity index (χ4v) is 4.41. The number of amides is 1. The Morgan fingerprint density at radius 3 is 2.44 bits per heavy atom. The fourth-order valence-electron chi connectivity index (χ4n) is 3.16. The quantitative estimate of drug-likeness (QED) is 0.578. The van der Waals surface area contributed by atoms with E-state index in [0.717, 1.165) is 37.4 Å². The van der Waals surface area contributed by atoms with Crippen LogP contribution in [-0.4, -0.2) is 41.4 Å². The van der Waals surface area contributed by atoms with Crippen molar-refractivity contribution in [2.24, 2.45) is 0 Å². The molecule has 4 rings (SSSR count). The number of thiocarbonyl (C=S) groups is 1. The minimum absolute atomic E-state index is 0.0221. The van der Waals surface area contributed by atoms with E-state index in [4.69, 9.17) is 17.0 Å². The van der Waals surface area contributed by atoms with Crippen LogP contribution < -0.4 is 4.90 Å². The first-order chi connectivity index (χ1) is 13.2. The molecule has 0 aromatic heterocycles. The maximum Gasteiger partial charge on any atom is 0.266 e. The van der Waals surface area contributed by atoms with Crippen LogP contribution in [0.25, 0.3) is 6.08 Å². The van der Waals surface area contributed by atoms with Crippen molar-refractivity contribution in [3.8, 4) is 0 Å². The van der Waals surface area contributed by atoms with Crippen LogP contribution in [0.1, 0.15) is 11.1 Å². The topological polar surface area (TPSA) is 32.8 Å². The van der Waals surface area contributed by atoms with Crippen molar-refractivity contribution in [2.45, 2.75) is 6.54 Å². The van der Waals surface area contributed by atoms with Crippen LogP contribution in [0.2, 0.25) is 0 Å². The van der Waals surface area contributed by atoms with Crippen LogP contribution in [0.4, 0.5) is 5.69 Å². The molecule has 0 saturated carbocycles. The van der Waals surface area contributed by atoms with Crippen molar-refractivity contribution in [3.63, 3.8) is 0 Å². The summed E-state index contributed by atoms with van der Waals surface area (Å²) in [7, 11) is 0. The molecule has 6 heteroatoms. The summed E-state index contributed by atoms with van der Waals surface area (Å²) in [4.78, 5) is 17.4. The Labute approximate surface area is 168 Å². The van der Waals surface area contributed by atoms with E-state index in [1.807, 2.05) is 36.4 Å². The molecule has 0 aliphatic carbocycles. The van der Waals surface area contributed by atoms with E-state index < -0.39 is 0 Å². The molecule has 0 N–H and O–H groups in total. The highest BCUT2D eigenvalue weighted by Crippen LogP contribution is 2.33. The minimum atomic E-state index is -0.0221. The van der Waals surface area contributed by atoms with E-state index in [0.29, 0.717) is 15.8 Å². The Bertz CT molecular complexity index is 860. The molecule has 138 valence electrons. The van der Waals surface area contributed by atoms with Gasteiger partial charge in [0.2, 0.25) is 0 Å². The second-order valence-corrected chi connectivity index (χ2v) is 8.12. The number of nitrogens with zero attached hydrogens (tertiary/aromatic N) is 2. The molecule has 2 aliphatic heterocycles. The van der Waals surface area contributed by atoms with E-state index in [2.05, 4.69) is 29.2 Å². The lowest BCUT2D eigenvalue weighted by Crippen LogP contribution is -2.36. The number of hydrogen-bond acceptors (Lipinski definition) is 5. The molecule has 4 nitrogen and oxygen atoms in total. The van der Waals surface area contributed by atoms with Crippen LogP contribution in [0, 0.1) is 0 Å². The summed E-state index contributed by atoms with van der Waals surface area (Å²) in [6.45, 7) is 3.88. The van der Waals surface area contributed by atoms with Gasteiger partial charge in [-0.05, 0) is 29.3 Å². The van der Waals surface area contributed by atoms with Crippen molar-refractivity contribution < 1.29 is 9.53 Å². The SMILES string of the molecule is O=C1/C(=C\c2ccc(N3CCOCC3)cc2)SC(=S)N1Cc1ccccc1. The summed E-state index contributed by atoms with van der Waals surface area (Å²) in [5.41, 5.74) is 3.27.